The van der Waals surface area contributed by atoms with Crippen molar-refractivity contribution in [1.29, 1.82) is 0 Å². The molecule has 4 heterocycles. The van der Waals surface area contributed by atoms with Gasteiger partial charge >= 0.3 is 0 Å². The topological polar surface area (TPSA) is 8.82 Å². The first-order valence-corrected chi connectivity index (χ1v) is 14.2. The maximum absolute atomic E-state index is 2.56. The minimum Gasteiger partial charge on any atom is -0.306 e. The van der Waals surface area contributed by atoms with Crippen LogP contribution in [0, 0.1) is 0 Å². The molecule has 0 radical (unpaired) electrons. The Morgan fingerprint density at radius 3 is 1.64 bits per heavy atom. The lowest BCUT2D eigenvalue weighted by Crippen LogP contribution is -1.94. The van der Waals surface area contributed by atoms with Crippen LogP contribution in [0.5, 0.6) is 0 Å². The zero-order valence-electron chi connectivity index (χ0n) is 20.8. The summed E-state index contributed by atoms with van der Waals surface area (Å²) < 4.78 is 7.74. The van der Waals surface area contributed by atoms with Gasteiger partial charge in [0.15, 0.2) is 0 Å². The van der Waals surface area contributed by atoms with E-state index in [1.807, 2.05) is 11.3 Å². The molecule has 0 fully saturated rings. The Balaban J connectivity index is 1.70. The molecule has 0 aliphatic heterocycles. The Morgan fingerprint density at radius 1 is 0.333 bits per heavy atom. The zero-order chi connectivity index (χ0) is 25.2. The molecule has 39 heavy (non-hydrogen) atoms. The molecular formula is C36H20N2S. The van der Waals surface area contributed by atoms with Crippen LogP contribution in [0.4, 0.5) is 0 Å². The molecule has 2 nitrogen and oxygen atoms in total. The quantitative estimate of drug-likeness (QED) is 0.191. The molecule has 6 aromatic carbocycles. The molecule has 0 unspecified atom stereocenters. The van der Waals surface area contributed by atoms with Crippen molar-refractivity contribution in [3.05, 3.63) is 121 Å². The summed E-state index contributed by atoms with van der Waals surface area (Å²) in [5.74, 6) is 0. The highest BCUT2D eigenvalue weighted by Crippen LogP contribution is 2.44. The van der Waals surface area contributed by atoms with Crippen LogP contribution in [0.25, 0.3) is 85.6 Å². The largest absolute Gasteiger partial charge is 0.306 e. The van der Waals surface area contributed by atoms with Gasteiger partial charge in [0.25, 0.3) is 0 Å². The third-order valence-electron chi connectivity index (χ3n) is 8.64. The van der Waals surface area contributed by atoms with Gasteiger partial charge in [0.1, 0.15) is 0 Å². The second kappa shape index (κ2) is 6.96. The Hall–Kier alpha value is -4.86. The molecule has 0 atom stereocenters. The predicted octanol–water partition coefficient (Wildman–Crippen LogP) is 10.3. The first-order chi connectivity index (χ1) is 19.4. The summed E-state index contributed by atoms with van der Waals surface area (Å²) in [5.41, 5.74) is 7.56. The van der Waals surface area contributed by atoms with Crippen LogP contribution in [0.2, 0.25) is 0 Å². The molecule has 0 aliphatic rings. The average Bonchev–Trinajstić information content (AvgIpc) is 3.64. The van der Waals surface area contributed by atoms with Crippen LogP contribution >= 0.6 is 11.3 Å². The molecule has 0 amide bonds. The van der Waals surface area contributed by atoms with Gasteiger partial charge in [-0.05, 0) is 24.3 Å². The summed E-state index contributed by atoms with van der Waals surface area (Å²) in [7, 11) is 0. The van der Waals surface area contributed by atoms with Gasteiger partial charge in [-0.1, -0.05) is 97.1 Å². The zero-order valence-corrected chi connectivity index (χ0v) is 21.7. The van der Waals surface area contributed by atoms with E-state index in [2.05, 4.69) is 130 Å². The standard InChI is InChI=1S/C36H20N2S/c1-4-15-29-21(9-1)24-12-7-13-26-27-19-20-28-23-11-3-6-18-32(23)39-36(28)35(27)38-30-16-5-2-10-22(30)25-14-8-17-31(34(25)38)37(29)33(24)26/h1-20H. The summed E-state index contributed by atoms with van der Waals surface area (Å²) in [6, 6.07) is 44.9. The summed E-state index contributed by atoms with van der Waals surface area (Å²) in [4.78, 5) is 0. The average molecular weight is 513 g/mol. The Morgan fingerprint density at radius 2 is 0.846 bits per heavy atom. The van der Waals surface area contributed by atoms with E-state index in [4.69, 9.17) is 0 Å². The second-order valence-electron chi connectivity index (χ2n) is 10.5. The fraction of sp³-hybridized carbons (Fsp3) is 0. The summed E-state index contributed by atoms with van der Waals surface area (Å²) in [5, 5.41) is 10.4. The van der Waals surface area contributed by atoms with Crippen molar-refractivity contribution in [3.8, 4) is 0 Å². The Bertz CT molecular complexity index is 2660. The molecule has 4 aromatic heterocycles. The molecule has 10 rings (SSSR count). The Labute approximate surface area is 226 Å². The van der Waals surface area contributed by atoms with Gasteiger partial charge in [0.2, 0.25) is 0 Å². The number of aromatic nitrogens is 2. The van der Waals surface area contributed by atoms with Crippen LogP contribution in [0.3, 0.4) is 0 Å². The first-order valence-electron chi connectivity index (χ1n) is 13.4. The highest BCUT2D eigenvalue weighted by molar-refractivity contribution is 7.26. The fourth-order valence-corrected chi connectivity index (χ4v) is 8.35. The van der Waals surface area contributed by atoms with E-state index < -0.39 is 0 Å². The van der Waals surface area contributed by atoms with E-state index in [-0.39, 0.29) is 0 Å². The third-order valence-corrected chi connectivity index (χ3v) is 9.84. The monoisotopic (exact) mass is 512 g/mol. The molecular weight excluding hydrogens is 492 g/mol. The predicted molar refractivity (Wildman–Crippen MR) is 169 cm³/mol. The fourth-order valence-electron chi connectivity index (χ4n) is 7.11. The van der Waals surface area contributed by atoms with Gasteiger partial charge in [-0.3, -0.25) is 0 Å². The van der Waals surface area contributed by atoms with Crippen molar-refractivity contribution >= 4 is 96.9 Å². The van der Waals surface area contributed by atoms with Crippen molar-refractivity contribution in [2.24, 2.45) is 0 Å². The lowest BCUT2D eigenvalue weighted by molar-refractivity contribution is 1.30. The lowest BCUT2D eigenvalue weighted by atomic mass is 10.0. The van der Waals surface area contributed by atoms with Gasteiger partial charge in [0, 0.05) is 47.8 Å². The minimum atomic E-state index is 1.23. The molecule has 3 heteroatoms. The number of hydrogen-bond acceptors (Lipinski definition) is 1. The Kier molecular flexibility index (Phi) is 3.59. The highest BCUT2D eigenvalue weighted by Gasteiger charge is 2.20. The second-order valence-corrected chi connectivity index (χ2v) is 11.6. The minimum absolute atomic E-state index is 1.23. The maximum atomic E-state index is 2.56. The number of benzene rings is 6. The van der Waals surface area contributed by atoms with Crippen LogP contribution in [0.15, 0.2) is 121 Å². The van der Waals surface area contributed by atoms with E-state index in [9.17, 15) is 0 Å². The molecule has 0 N–H and O–H groups in total. The normalized spacial score (nSPS) is 12.6. The molecule has 180 valence electrons. The SMILES string of the molecule is c1ccc2c(c1)sc1c2ccc2c3cccc4c5ccccc5n(c5cccc6c7ccccc7n(c21)c65)c43. The van der Waals surface area contributed by atoms with E-state index in [1.54, 1.807) is 0 Å². The van der Waals surface area contributed by atoms with Crippen molar-refractivity contribution in [2.45, 2.75) is 0 Å². The van der Waals surface area contributed by atoms with Crippen LogP contribution in [-0.2, 0) is 0 Å². The lowest BCUT2D eigenvalue weighted by Gasteiger charge is -2.11. The number of hydrogen-bond donors (Lipinski definition) is 0. The van der Waals surface area contributed by atoms with Crippen LogP contribution in [-0.4, -0.2) is 8.80 Å². The van der Waals surface area contributed by atoms with Crippen molar-refractivity contribution < 1.29 is 0 Å². The number of para-hydroxylation sites is 4. The summed E-state index contributed by atoms with van der Waals surface area (Å²) in [6.07, 6.45) is 0. The molecule has 0 aliphatic carbocycles. The van der Waals surface area contributed by atoms with E-state index >= 15 is 0 Å². The highest BCUT2D eigenvalue weighted by atomic mass is 32.1. The molecule has 0 saturated carbocycles. The molecule has 0 spiro atoms. The molecule has 0 bridgehead atoms. The van der Waals surface area contributed by atoms with Crippen LogP contribution in [0.1, 0.15) is 0 Å². The summed E-state index contributed by atoms with van der Waals surface area (Å²) >= 11 is 1.91. The van der Waals surface area contributed by atoms with Crippen molar-refractivity contribution in [2.75, 3.05) is 0 Å². The number of nitrogens with zero attached hydrogens (tertiary/aromatic N) is 2. The maximum Gasteiger partial charge on any atom is 0.0783 e. The van der Waals surface area contributed by atoms with E-state index in [0.29, 0.717) is 0 Å². The molecule has 0 saturated heterocycles. The third kappa shape index (κ3) is 2.34. The van der Waals surface area contributed by atoms with Crippen molar-refractivity contribution in [3.63, 3.8) is 0 Å². The number of rotatable bonds is 0. The first kappa shape index (κ1) is 20.1. The number of thiophene rings is 1. The van der Waals surface area contributed by atoms with Gasteiger partial charge in [-0.25, -0.2) is 0 Å². The van der Waals surface area contributed by atoms with Crippen LogP contribution < -0.4 is 0 Å². The van der Waals surface area contributed by atoms with E-state index in [0.717, 1.165) is 0 Å². The number of fused-ring (bicyclic) bond motifs is 14. The smallest absolute Gasteiger partial charge is 0.0783 e. The van der Waals surface area contributed by atoms with Gasteiger partial charge in [-0.2, -0.15) is 0 Å². The van der Waals surface area contributed by atoms with Gasteiger partial charge < -0.3 is 8.80 Å². The van der Waals surface area contributed by atoms with Gasteiger partial charge in [-0.15, -0.1) is 11.3 Å². The van der Waals surface area contributed by atoms with Crippen molar-refractivity contribution in [1.82, 2.24) is 8.80 Å². The molecule has 10 aromatic rings. The van der Waals surface area contributed by atoms with Gasteiger partial charge in [0.05, 0.1) is 37.8 Å². The summed E-state index contributed by atoms with van der Waals surface area (Å²) in [6.45, 7) is 0. The van der Waals surface area contributed by atoms with E-state index in [1.165, 1.54) is 85.6 Å².